The van der Waals surface area contributed by atoms with Crippen LogP contribution in [0.4, 0.5) is 5.69 Å². The van der Waals surface area contributed by atoms with Gasteiger partial charge in [-0.05, 0) is 18.2 Å². The molecule has 16 heavy (non-hydrogen) atoms. The number of imidazole rings is 1. The topological polar surface area (TPSA) is 60.9 Å². The minimum absolute atomic E-state index is 0.137. The maximum Gasteiger partial charge on any atom is 0.109 e. The summed E-state index contributed by atoms with van der Waals surface area (Å²) in [6.45, 7) is 4.93. The predicted octanol–water partition coefficient (Wildman–Crippen LogP) is 2.09. The van der Waals surface area contributed by atoms with Gasteiger partial charge in [-0.25, -0.2) is 4.98 Å². The van der Waals surface area contributed by atoms with Gasteiger partial charge < -0.3 is 15.4 Å². The van der Waals surface area contributed by atoms with Gasteiger partial charge in [-0.1, -0.05) is 13.8 Å². The summed E-state index contributed by atoms with van der Waals surface area (Å²) < 4.78 is 0. The van der Waals surface area contributed by atoms with E-state index in [1.165, 1.54) is 0 Å². The molecule has 0 saturated carbocycles. The lowest BCUT2D eigenvalue weighted by atomic mass is 10.2. The molecule has 1 heterocycles. The van der Waals surface area contributed by atoms with Crippen molar-refractivity contribution in [1.82, 2.24) is 9.97 Å². The van der Waals surface area contributed by atoms with Crippen molar-refractivity contribution < 1.29 is 5.11 Å². The smallest absolute Gasteiger partial charge is 0.109 e. The zero-order valence-electron chi connectivity index (χ0n) is 9.62. The fraction of sp³-hybridized carbons (Fsp3) is 0.417. The summed E-state index contributed by atoms with van der Waals surface area (Å²) in [7, 11) is 0. The number of aromatic nitrogens is 2. The Balaban J connectivity index is 2.30. The average molecular weight is 219 g/mol. The van der Waals surface area contributed by atoms with Crippen LogP contribution in [0.2, 0.25) is 0 Å². The van der Waals surface area contributed by atoms with Gasteiger partial charge in [0.1, 0.15) is 5.82 Å². The quantitative estimate of drug-likeness (QED) is 0.738. The normalized spacial score (nSPS) is 11.2. The van der Waals surface area contributed by atoms with Crippen LogP contribution < -0.4 is 5.32 Å². The molecule has 0 atom stereocenters. The van der Waals surface area contributed by atoms with Gasteiger partial charge in [0.05, 0.1) is 17.6 Å². The summed E-state index contributed by atoms with van der Waals surface area (Å²) in [5.41, 5.74) is 3.02. The Bertz CT molecular complexity index is 476. The highest BCUT2D eigenvalue weighted by molar-refractivity contribution is 5.79. The Morgan fingerprint density at radius 2 is 2.25 bits per heavy atom. The summed E-state index contributed by atoms with van der Waals surface area (Å²) in [6.07, 6.45) is 0. The molecule has 0 amide bonds. The van der Waals surface area contributed by atoms with Crippen LogP contribution in [0.15, 0.2) is 18.2 Å². The molecule has 0 bridgehead atoms. The van der Waals surface area contributed by atoms with E-state index in [-0.39, 0.29) is 6.61 Å². The Hall–Kier alpha value is -1.55. The van der Waals surface area contributed by atoms with Crippen LogP contribution in [0.1, 0.15) is 25.6 Å². The largest absolute Gasteiger partial charge is 0.395 e. The van der Waals surface area contributed by atoms with E-state index in [1.807, 2.05) is 18.2 Å². The van der Waals surface area contributed by atoms with Crippen molar-refractivity contribution in [2.45, 2.75) is 19.8 Å². The molecule has 0 fully saturated rings. The number of aromatic amines is 1. The molecule has 0 spiro atoms. The van der Waals surface area contributed by atoms with Gasteiger partial charge in [0, 0.05) is 18.2 Å². The van der Waals surface area contributed by atoms with Crippen LogP contribution >= 0.6 is 0 Å². The van der Waals surface area contributed by atoms with Gasteiger partial charge in [-0.3, -0.25) is 0 Å². The number of fused-ring (bicyclic) bond motifs is 1. The summed E-state index contributed by atoms with van der Waals surface area (Å²) >= 11 is 0. The number of nitrogens with one attached hydrogen (secondary N) is 2. The van der Waals surface area contributed by atoms with E-state index in [2.05, 4.69) is 29.1 Å². The first-order valence-corrected chi connectivity index (χ1v) is 5.55. The van der Waals surface area contributed by atoms with Gasteiger partial charge in [0.25, 0.3) is 0 Å². The van der Waals surface area contributed by atoms with Gasteiger partial charge in [-0.15, -0.1) is 0 Å². The molecule has 0 aliphatic carbocycles. The van der Waals surface area contributed by atoms with Crippen molar-refractivity contribution in [3.63, 3.8) is 0 Å². The first-order chi connectivity index (χ1) is 7.70. The van der Waals surface area contributed by atoms with E-state index in [1.54, 1.807) is 0 Å². The molecule has 2 rings (SSSR count). The lowest BCUT2D eigenvalue weighted by Gasteiger charge is -2.02. The number of nitrogens with zero attached hydrogens (tertiary/aromatic N) is 1. The standard InChI is InChI=1S/C12H17N3O/c1-8(2)12-14-10-4-3-9(13-5-6-16)7-11(10)15-12/h3-4,7-8,13,16H,5-6H2,1-2H3,(H,14,15). The molecule has 0 saturated heterocycles. The molecular weight excluding hydrogens is 202 g/mol. The summed E-state index contributed by atoms with van der Waals surface area (Å²) in [6, 6.07) is 5.98. The number of hydrogen-bond donors (Lipinski definition) is 3. The molecule has 1 aromatic carbocycles. The molecule has 0 aliphatic rings. The molecule has 4 nitrogen and oxygen atoms in total. The minimum atomic E-state index is 0.137. The number of aliphatic hydroxyl groups excluding tert-OH is 1. The number of benzene rings is 1. The monoisotopic (exact) mass is 219 g/mol. The van der Waals surface area contributed by atoms with Crippen molar-refractivity contribution >= 4 is 16.7 Å². The highest BCUT2D eigenvalue weighted by Crippen LogP contribution is 2.20. The van der Waals surface area contributed by atoms with E-state index in [0.29, 0.717) is 12.5 Å². The van der Waals surface area contributed by atoms with Gasteiger partial charge in [0.2, 0.25) is 0 Å². The number of aliphatic hydroxyl groups is 1. The first kappa shape index (κ1) is 11.0. The predicted molar refractivity (Wildman–Crippen MR) is 65.8 cm³/mol. The van der Waals surface area contributed by atoms with E-state index in [9.17, 15) is 0 Å². The van der Waals surface area contributed by atoms with E-state index in [0.717, 1.165) is 22.5 Å². The third-order valence-electron chi connectivity index (χ3n) is 2.49. The fourth-order valence-corrected chi connectivity index (χ4v) is 1.61. The first-order valence-electron chi connectivity index (χ1n) is 5.55. The van der Waals surface area contributed by atoms with E-state index in [4.69, 9.17) is 5.11 Å². The molecule has 86 valence electrons. The Morgan fingerprint density at radius 1 is 1.44 bits per heavy atom. The lowest BCUT2D eigenvalue weighted by molar-refractivity contribution is 0.311. The lowest BCUT2D eigenvalue weighted by Crippen LogP contribution is -2.04. The van der Waals surface area contributed by atoms with E-state index >= 15 is 0 Å². The molecule has 0 unspecified atom stereocenters. The maximum atomic E-state index is 8.74. The number of anilines is 1. The Morgan fingerprint density at radius 3 is 2.94 bits per heavy atom. The third kappa shape index (κ3) is 2.17. The molecule has 3 N–H and O–H groups in total. The highest BCUT2D eigenvalue weighted by atomic mass is 16.3. The molecule has 0 aliphatic heterocycles. The van der Waals surface area contributed by atoms with Crippen molar-refractivity contribution in [3.8, 4) is 0 Å². The van der Waals surface area contributed by atoms with Gasteiger partial charge in [-0.2, -0.15) is 0 Å². The third-order valence-corrected chi connectivity index (χ3v) is 2.49. The Labute approximate surface area is 94.7 Å². The van der Waals surface area contributed by atoms with Crippen molar-refractivity contribution in [1.29, 1.82) is 0 Å². The Kier molecular flexibility index (Phi) is 3.10. The summed E-state index contributed by atoms with van der Waals surface area (Å²) in [5.74, 6) is 1.41. The molecular formula is C12H17N3O. The zero-order chi connectivity index (χ0) is 11.5. The van der Waals surface area contributed by atoms with Crippen molar-refractivity contribution in [3.05, 3.63) is 24.0 Å². The van der Waals surface area contributed by atoms with Gasteiger partial charge >= 0.3 is 0 Å². The highest BCUT2D eigenvalue weighted by Gasteiger charge is 2.06. The van der Waals surface area contributed by atoms with Crippen LogP contribution in [0.5, 0.6) is 0 Å². The second kappa shape index (κ2) is 4.53. The van der Waals surface area contributed by atoms with Crippen LogP contribution in [-0.4, -0.2) is 28.2 Å². The SMILES string of the molecule is CC(C)c1nc2ccc(NCCO)cc2[nH]1. The van der Waals surface area contributed by atoms with E-state index < -0.39 is 0 Å². The molecule has 0 radical (unpaired) electrons. The molecule has 4 heteroatoms. The number of rotatable bonds is 4. The second-order valence-electron chi connectivity index (χ2n) is 4.16. The van der Waals surface area contributed by atoms with Crippen LogP contribution in [0, 0.1) is 0 Å². The second-order valence-corrected chi connectivity index (χ2v) is 4.16. The van der Waals surface area contributed by atoms with Crippen LogP contribution in [-0.2, 0) is 0 Å². The summed E-state index contributed by atoms with van der Waals surface area (Å²) in [5, 5.41) is 11.9. The van der Waals surface area contributed by atoms with Crippen molar-refractivity contribution in [2.75, 3.05) is 18.5 Å². The average Bonchev–Trinajstić information content (AvgIpc) is 2.69. The number of H-pyrrole nitrogens is 1. The van der Waals surface area contributed by atoms with Crippen LogP contribution in [0.25, 0.3) is 11.0 Å². The summed E-state index contributed by atoms with van der Waals surface area (Å²) in [4.78, 5) is 7.80. The van der Waals surface area contributed by atoms with Crippen molar-refractivity contribution in [2.24, 2.45) is 0 Å². The van der Waals surface area contributed by atoms with Crippen LogP contribution in [0.3, 0.4) is 0 Å². The van der Waals surface area contributed by atoms with Gasteiger partial charge in [0.15, 0.2) is 0 Å². The number of hydrogen-bond acceptors (Lipinski definition) is 3. The maximum absolute atomic E-state index is 8.74. The molecule has 1 aromatic heterocycles. The fourth-order valence-electron chi connectivity index (χ4n) is 1.61. The zero-order valence-corrected chi connectivity index (χ0v) is 9.62. The minimum Gasteiger partial charge on any atom is -0.395 e. The molecule has 2 aromatic rings.